The van der Waals surface area contributed by atoms with Gasteiger partial charge in [-0.1, -0.05) is 19.4 Å². The number of aromatic hydroxyl groups is 1. The van der Waals surface area contributed by atoms with Gasteiger partial charge in [-0.2, -0.15) is 0 Å². The molecule has 0 bridgehead atoms. The number of aliphatic hydroxyl groups is 1. The molecule has 9 heteroatoms. The number of anilines is 1. The Morgan fingerprint density at radius 1 is 1.02 bits per heavy atom. The maximum absolute atomic E-state index is 13.1. The van der Waals surface area contributed by atoms with Crippen molar-refractivity contribution >= 4 is 23.5 Å². The van der Waals surface area contributed by atoms with Crippen LogP contribution in [0.3, 0.4) is 0 Å². The van der Waals surface area contributed by atoms with Crippen LogP contribution in [0.1, 0.15) is 84.9 Å². The van der Waals surface area contributed by atoms with Crippen molar-refractivity contribution < 1.29 is 38.7 Å². The van der Waals surface area contributed by atoms with E-state index in [0.29, 0.717) is 52.7 Å². The van der Waals surface area contributed by atoms with Gasteiger partial charge >= 0.3 is 5.97 Å². The van der Waals surface area contributed by atoms with Crippen molar-refractivity contribution in [2.45, 2.75) is 77.6 Å². The van der Waals surface area contributed by atoms with Gasteiger partial charge in [0.1, 0.15) is 34.2 Å². The van der Waals surface area contributed by atoms with Crippen LogP contribution in [0.5, 0.6) is 23.0 Å². The molecule has 0 radical (unpaired) electrons. The van der Waals surface area contributed by atoms with E-state index in [1.165, 1.54) is 6.07 Å². The van der Waals surface area contributed by atoms with Crippen LogP contribution < -0.4 is 19.9 Å². The van der Waals surface area contributed by atoms with Gasteiger partial charge in [0.25, 0.3) is 0 Å². The molecule has 3 aromatic carbocycles. The summed E-state index contributed by atoms with van der Waals surface area (Å²) in [6, 6.07) is 13.4. The summed E-state index contributed by atoms with van der Waals surface area (Å²) in [7, 11) is 1.56. The number of hydrogen-bond donors (Lipinski definition) is 3. The summed E-state index contributed by atoms with van der Waals surface area (Å²) >= 11 is 0. The number of nitrogen functional groups attached to an aromatic ring is 1. The standard InChI is InChI=1S/C25H28O6.C11H15NO2/c1-24(2)9-8-16-20(30-24)7-6-14(23(16)29-5)11-18(26)17-10-15-12-22(28)25(3,4)31-21(15)13-19(17)27;1-2-3-8-14-11(13)9-4-6-10(12)7-5-9/h6-10,13,22,27-28H,11-12H2,1-5H3;4-7H,2-3,8,12H2,1H3. The first kappa shape index (κ1) is 33.4. The summed E-state index contributed by atoms with van der Waals surface area (Å²) in [5, 5.41) is 20.8. The number of benzene rings is 3. The number of phenolic OH excluding ortho intramolecular Hbond substituents is 1. The SMILES string of the molecule is CCCCOC(=O)c1ccc(N)cc1.COc1c(CC(=O)c2cc3c(cc2O)OC(C)(C)C(O)C3)ccc2c1C=CC(C)(C)O2. The molecule has 2 aliphatic heterocycles. The van der Waals surface area contributed by atoms with Gasteiger partial charge in [-0.3, -0.25) is 4.79 Å². The van der Waals surface area contributed by atoms with Crippen LogP contribution >= 0.6 is 0 Å². The number of unbranched alkanes of at least 4 members (excludes halogenated alkanes) is 1. The molecule has 9 nitrogen and oxygen atoms in total. The second-order valence-corrected chi connectivity index (χ2v) is 12.3. The Labute approximate surface area is 264 Å². The summed E-state index contributed by atoms with van der Waals surface area (Å²) in [6.07, 6.45) is 5.52. The highest BCUT2D eigenvalue weighted by molar-refractivity contribution is 6.01. The summed E-state index contributed by atoms with van der Waals surface area (Å²) < 4.78 is 22.4. The lowest BCUT2D eigenvalue weighted by Crippen LogP contribution is -2.46. The molecule has 0 amide bonds. The third-order valence-corrected chi connectivity index (χ3v) is 7.76. The number of fused-ring (bicyclic) bond motifs is 2. The van der Waals surface area contributed by atoms with Gasteiger partial charge in [-0.15, -0.1) is 0 Å². The van der Waals surface area contributed by atoms with Crippen LogP contribution in [0.25, 0.3) is 6.08 Å². The van der Waals surface area contributed by atoms with Gasteiger partial charge in [0, 0.05) is 30.2 Å². The summed E-state index contributed by atoms with van der Waals surface area (Å²) in [5.41, 5.74) is 7.92. The molecule has 0 saturated heterocycles. The quantitative estimate of drug-likeness (QED) is 0.115. The van der Waals surface area contributed by atoms with Crippen molar-refractivity contribution in [2.75, 3.05) is 19.5 Å². The highest BCUT2D eigenvalue weighted by Gasteiger charge is 2.36. The number of phenols is 1. The van der Waals surface area contributed by atoms with Crippen molar-refractivity contribution in [2.24, 2.45) is 0 Å². The Morgan fingerprint density at radius 3 is 2.40 bits per heavy atom. The monoisotopic (exact) mass is 617 g/mol. The van der Waals surface area contributed by atoms with E-state index in [-0.39, 0.29) is 29.5 Å². The largest absolute Gasteiger partial charge is 0.507 e. The van der Waals surface area contributed by atoms with Crippen molar-refractivity contribution in [1.29, 1.82) is 0 Å². The summed E-state index contributed by atoms with van der Waals surface area (Å²) in [4.78, 5) is 24.5. The molecule has 2 aliphatic rings. The third-order valence-electron chi connectivity index (χ3n) is 7.76. The first-order valence-corrected chi connectivity index (χ1v) is 15.1. The topological polar surface area (TPSA) is 138 Å². The average Bonchev–Trinajstić information content (AvgIpc) is 2.98. The average molecular weight is 618 g/mol. The number of carbonyl (C=O) groups excluding carboxylic acids is 2. The minimum atomic E-state index is -0.758. The van der Waals surface area contributed by atoms with Crippen molar-refractivity contribution in [3.8, 4) is 23.0 Å². The Kier molecular flexibility index (Phi) is 10.1. The van der Waals surface area contributed by atoms with E-state index in [4.69, 9.17) is 24.7 Å². The number of esters is 1. The van der Waals surface area contributed by atoms with E-state index < -0.39 is 17.3 Å². The highest BCUT2D eigenvalue weighted by atomic mass is 16.5. The van der Waals surface area contributed by atoms with Gasteiger partial charge in [-0.05, 0) is 88.2 Å². The minimum Gasteiger partial charge on any atom is -0.507 e. The molecule has 0 saturated carbocycles. The molecule has 2 heterocycles. The smallest absolute Gasteiger partial charge is 0.338 e. The fraction of sp³-hybridized carbons (Fsp3) is 0.389. The normalized spacial score (nSPS) is 16.9. The maximum Gasteiger partial charge on any atom is 0.338 e. The van der Waals surface area contributed by atoms with Crippen LogP contribution in [0.4, 0.5) is 5.69 Å². The summed E-state index contributed by atoms with van der Waals surface area (Å²) in [5.74, 6) is 1.09. The van der Waals surface area contributed by atoms with Gasteiger partial charge in [-0.25, -0.2) is 4.79 Å². The number of ketones is 1. The number of Topliss-reactive ketones (excluding diaryl/α,β-unsaturated/α-hetero) is 1. The number of hydrogen-bond acceptors (Lipinski definition) is 9. The number of ether oxygens (including phenoxy) is 4. The molecule has 5 rings (SSSR count). The second kappa shape index (κ2) is 13.6. The third kappa shape index (κ3) is 7.97. The molecular weight excluding hydrogens is 574 g/mol. The van der Waals surface area contributed by atoms with Crippen LogP contribution in [0.2, 0.25) is 0 Å². The van der Waals surface area contributed by atoms with E-state index in [2.05, 4.69) is 6.92 Å². The van der Waals surface area contributed by atoms with Crippen LogP contribution in [-0.4, -0.2) is 53.0 Å². The molecule has 4 N–H and O–H groups in total. The van der Waals surface area contributed by atoms with Gasteiger partial charge in [0.2, 0.25) is 0 Å². The molecule has 240 valence electrons. The van der Waals surface area contributed by atoms with E-state index in [9.17, 15) is 19.8 Å². The lowest BCUT2D eigenvalue weighted by molar-refractivity contribution is -0.0412. The Morgan fingerprint density at radius 2 is 1.73 bits per heavy atom. The lowest BCUT2D eigenvalue weighted by Gasteiger charge is -2.37. The van der Waals surface area contributed by atoms with Gasteiger partial charge < -0.3 is 34.9 Å². The molecule has 0 fully saturated rings. The molecule has 1 atom stereocenters. The predicted molar refractivity (Wildman–Crippen MR) is 173 cm³/mol. The van der Waals surface area contributed by atoms with Crippen molar-refractivity contribution in [3.63, 3.8) is 0 Å². The minimum absolute atomic E-state index is 0.0505. The number of aliphatic hydroxyl groups excluding tert-OH is 1. The van der Waals surface area contributed by atoms with E-state index in [1.54, 1.807) is 51.3 Å². The number of rotatable bonds is 8. The molecule has 0 spiro atoms. The number of carbonyl (C=O) groups is 2. The molecule has 1 unspecified atom stereocenters. The Balaban J connectivity index is 0.000000276. The number of nitrogens with two attached hydrogens (primary N) is 1. The van der Waals surface area contributed by atoms with Crippen LogP contribution in [0.15, 0.2) is 54.6 Å². The van der Waals surface area contributed by atoms with Crippen molar-refractivity contribution in [3.05, 3.63) is 82.4 Å². The first-order chi connectivity index (χ1) is 21.2. The lowest BCUT2D eigenvalue weighted by atomic mass is 9.89. The van der Waals surface area contributed by atoms with Gasteiger partial charge in [0.15, 0.2) is 5.78 Å². The van der Waals surface area contributed by atoms with Gasteiger partial charge in [0.05, 0.1) is 36.5 Å². The molecule has 3 aromatic rings. The molecular formula is C36H43NO8. The Hall–Kier alpha value is -4.50. The van der Waals surface area contributed by atoms with E-state index in [1.807, 2.05) is 38.1 Å². The zero-order valence-electron chi connectivity index (χ0n) is 26.8. The van der Waals surface area contributed by atoms with Crippen LogP contribution in [-0.2, 0) is 17.6 Å². The predicted octanol–water partition coefficient (Wildman–Crippen LogP) is 6.31. The highest BCUT2D eigenvalue weighted by Crippen LogP contribution is 2.41. The second-order valence-electron chi connectivity index (χ2n) is 12.3. The Bertz CT molecular complexity index is 1570. The summed E-state index contributed by atoms with van der Waals surface area (Å²) in [6.45, 7) is 10.1. The van der Waals surface area contributed by atoms with E-state index in [0.717, 1.165) is 18.4 Å². The molecule has 0 aliphatic carbocycles. The zero-order chi connectivity index (χ0) is 32.9. The molecule has 0 aromatic heterocycles. The fourth-order valence-corrected chi connectivity index (χ4v) is 5.03. The van der Waals surface area contributed by atoms with Crippen molar-refractivity contribution in [1.82, 2.24) is 0 Å². The first-order valence-electron chi connectivity index (χ1n) is 15.1. The zero-order valence-corrected chi connectivity index (χ0v) is 26.8. The molecule has 45 heavy (non-hydrogen) atoms. The van der Waals surface area contributed by atoms with Crippen LogP contribution in [0, 0.1) is 0 Å². The maximum atomic E-state index is 13.1. The fourth-order valence-electron chi connectivity index (χ4n) is 5.03. The van der Waals surface area contributed by atoms with E-state index >= 15 is 0 Å². The number of methoxy groups -OCH3 is 1.